The summed E-state index contributed by atoms with van der Waals surface area (Å²) < 4.78 is 27.8. The zero-order valence-corrected chi connectivity index (χ0v) is 21.3. The van der Waals surface area contributed by atoms with Crippen LogP contribution in [-0.4, -0.2) is 29.4 Å². The molecule has 0 saturated heterocycles. The highest BCUT2D eigenvalue weighted by Crippen LogP contribution is 2.36. The Labute approximate surface area is 210 Å². The van der Waals surface area contributed by atoms with E-state index in [0.29, 0.717) is 5.69 Å². The summed E-state index contributed by atoms with van der Waals surface area (Å²) in [5.74, 6) is 0. The van der Waals surface area contributed by atoms with E-state index in [2.05, 4.69) is 21.8 Å². The number of hydrogen-bond acceptors (Lipinski definition) is 5. The van der Waals surface area contributed by atoms with E-state index in [-0.39, 0.29) is 0 Å². The van der Waals surface area contributed by atoms with Crippen LogP contribution in [0.25, 0.3) is 44.2 Å². The SMILES string of the molecule is Cn1nc(-c2ccc(C(C)(C)C#N)cc2)c2c3cc(-c4cccc(NS(C)(=O)=O)c4)ccc3ncc21. The van der Waals surface area contributed by atoms with Crippen LogP contribution in [0.3, 0.4) is 0 Å². The second-order valence-electron chi connectivity index (χ2n) is 9.49. The number of nitrogens with zero attached hydrogens (tertiary/aromatic N) is 4. The molecule has 0 unspecified atom stereocenters. The highest BCUT2D eigenvalue weighted by molar-refractivity contribution is 7.92. The summed E-state index contributed by atoms with van der Waals surface area (Å²) in [6.45, 7) is 3.80. The van der Waals surface area contributed by atoms with Gasteiger partial charge >= 0.3 is 0 Å². The summed E-state index contributed by atoms with van der Waals surface area (Å²) in [6, 6.07) is 23.7. The molecule has 0 aliphatic heterocycles. The number of hydrogen-bond donors (Lipinski definition) is 1. The summed E-state index contributed by atoms with van der Waals surface area (Å²) >= 11 is 0. The fraction of sp³-hybridized carbons (Fsp3) is 0.179. The lowest BCUT2D eigenvalue weighted by Crippen LogP contribution is -2.13. The van der Waals surface area contributed by atoms with Crippen molar-refractivity contribution in [1.29, 1.82) is 5.26 Å². The van der Waals surface area contributed by atoms with E-state index in [9.17, 15) is 13.7 Å². The number of nitriles is 1. The number of aryl methyl sites for hydroxylation is 1. The second-order valence-corrected chi connectivity index (χ2v) is 11.2. The van der Waals surface area contributed by atoms with Crippen LogP contribution < -0.4 is 4.72 Å². The summed E-state index contributed by atoms with van der Waals surface area (Å²) in [7, 11) is -1.48. The van der Waals surface area contributed by atoms with E-state index in [4.69, 9.17) is 5.10 Å². The third kappa shape index (κ3) is 4.30. The van der Waals surface area contributed by atoms with Crippen molar-refractivity contribution in [1.82, 2.24) is 14.8 Å². The molecule has 0 aliphatic rings. The Bertz CT molecular complexity index is 1780. The van der Waals surface area contributed by atoms with Gasteiger partial charge < -0.3 is 0 Å². The van der Waals surface area contributed by atoms with Crippen molar-refractivity contribution in [2.75, 3.05) is 11.0 Å². The van der Waals surface area contributed by atoms with E-state index in [1.54, 1.807) is 6.07 Å². The van der Waals surface area contributed by atoms with Crippen molar-refractivity contribution in [3.63, 3.8) is 0 Å². The number of anilines is 1. The Morgan fingerprint density at radius 2 is 1.67 bits per heavy atom. The molecule has 180 valence electrons. The third-order valence-electron chi connectivity index (χ3n) is 6.34. The predicted molar refractivity (Wildman–Crippen MR) is 144 cm³/mol. The monoisotopic (exact) mass is 495 g/mol. The zero-order valence-electron chi connectivity index (χ0n) is 20.4. The molecule has 0 fully saturated rings. The smallest absolute Gasteiger partial charge is 0.229 e. The van der Waals surface area contributed by atoms with E-state index in [1.807, 2.05) is 86.4 Å². The Morgan fingerprint density at radius 1 is 0.972 bits per heavy atom. The first-order valence-corrected chi connectivity index (χ1v) is 13.3. The quantitative estimate of drug-likeness (QED) is 0.341. The van der Waals surface area contributed by atoms with Gasteiger partial charge in [0.05, 0.1) is 35.0 Å². The molecular formula is C28H25N5O2S. The molecule has 0 spiro atoms. The van der Waals surface area contributed by atoms with Gasteiger partial charge in [0.15, 0.2) is 0 Å². The van der Waals surface area contributed by atoms with Gasteiger partial charge in [-0.3, -0.25) is 14.4 Å². The molecule has 3 aromatic carbocycles. The van der Waals surface area contributed by atoms with Gasteiger partial charge in [0.25, 0.3) is 0 Å². The van der Waals surface area contributed by atoms with Crippen LogP contribution in [0, 0.1) is 11.3 Å². The molecule has 2 heterocycles. The minimum Gasteiger partial charge on any atom is -0.284 e. The number of pyridine rings is 1. The van der Waals surface area contributed by atoms with Gasteiger partial charge in [0, 0.05) is 29.1 Å². The number of fused-ring (bicyclic) bond motifs is 3. The highest BCUT2D eigenvalue weighted by atomic mass is 32.2. The van der Waals surface area contributed by atoms with Crippen molar-refractivity contribution >= 4 is 37.5 Å². The van der Waals surface area contributed by atoms with E-state index < -0.39 is 15.4 Å². The van der Waals surface area contributed by atoms with Crippen LogP contribution >= 0.6 is 0 Å². The standard InChI is InChI=1S/C28H25N5O2S/c1-28(2,17-29)21-11-8-18(9-12-21)27-26-23-15-20(10-13-24(23)30-16-25(26)33(3)31-27)19-6-5-7-22(14-19)32-36(4,34)35/h5-16,32H,1-4H3. The van der Waals surface area contributed by atoms with Gasteiger partial charge in [0.1, 0.15) is 5.69 Å². The van der Waals surface area contributed by atoms with Gasteiger partial charge in [0.2, 0.25) is 10.0 Å². The minimum absolute atomic E-state index is 0.508. The van der Waals surface area contributed by atoms with Crippen LogP contribution in [-0.2, 0) is 22.5 Å². The van der Waals surface area contributed by atoms with E-state index in [1.165, 1.54) is 0 Å². The Morgan fingerprint density at radius 3 is 2.36 bits per heavy atom. The fourth-order valence-corrected chi connectivity index (χ4v) is 4.95. The molecule has 1 N–H and O–H groups in total. The predicted octanol–water partition coefficient (Wildman–Crippen LogP) is 5.63. The Hall–Kier alpha value is -4.22. The first kappa shape index (κ1) is 23.5. The lowest BCUT2D eigenvalue weighted by atomic mass is 9.86. The molecule has 5 rings (SSSR count). The van der Waals surface area contributed by atoms with Crippen LogP contribution in [0.2, 0.25) is 0 Å². The average Bonchev–Trinajstić information content (AvgIpc) is 3.20. The number of benzene rings is 3. The highest BCUT2D eigenvalue weighted by Gasteiger charge is 2.21. The second kappa shape index (κ2) is 8.47. The molecule has 36 heavy (non-hydrogen) atoms. The van der Waals surface area contributed by atoms with Gasteiger partial charge in [-0.05, 0) is 54.8 Å². The molecule has 7 nitrogen and oxygen atoms in total. The van der Waals surface area contributed by atoms with Gasteiger partial charge in [-0.15, -0.1) is 0 Å². The van der Waals surface area contributed by atoms with Crippen molar-refractivity contribution in [2.45, 2.75) is 19.3 Å². The summed E-state index contributed by atoms with van der Waals surface area (Å²) in [4.78, 5) is 4.65. The lowest BCUT2D eigenvalue weighted by Gasteiger charge is -2.15. The number of aromatic nitrogens is 3. The Kier molecular flexibility index (Phi) is 5.53. The van der Waals surface area contributed by atoms with E-state index >= 15 is 0 Å². The van der Waals surface area contributed by atoms with Crippen molar-refractivity contribution in [2.24, 2.45) is 7.05 Å². The number of nitrogens with one attached hydrogen (secondary N) is 1. The van der Waals surface area contributed by atoms with Crippen LogP contribution in [0.4, 0.5) is 5.69 Å². The molecule has 0 saturated carbocycles. The number of sulfonamides is 1. The maximum Gasteiger partial charge on any atom is 0.229 e. The first-order valence-electron chi connectivity index (χ1n) is 11.4. The molecule has 5 aromatic rings. The molecular weight excluding hydrogens is 470 g/mol. The van der Waals surface area contributed by atoms with Gasteiger partial charge in [-0.2, -0.15) is 10.4 Å². The molecule has 2 aromatic heterocycles. The molecule has 0 bridgehead atoms. The minimum atomic E-state index is -3.38. The average molecular weight is 496 g/mol. The topological polar surface area (TPSA) is 101 Å². The fourth-order valence-electron chi connectivity index (χ4n) is 4.40. The molecule has 0 amide bonds. The van der Waals surface area contributed by atoms with Crippen molar-refractivity contribution in [3.8, 4) is 28.5 Å². The maximum atomic E-state index is 11.7. The first-order chi connectivity index (χ1) is 17.1. The Balaban J connectivity index is 1.68. The molecule has 0 radical (unpaired) electrons. The normalized spacial score (nSPS) is 12.1. The zero-order chi connectivity index (χ0) is 25.7. The third-order valence-corrected chi connectivity index (χ3v) is 6.95. The maximum absolute atomic E-state index is 11.7. The van der Waals surface area contributed by atoms with Crippen LogP contribution in [0.15, 0.2) is 72.9 Å². The largest absolute Gasteiger partial charge is 0.284 e. The summed E-state index contributed by atoms with van der Waals surface area (Å²) in [5, 5.41) is 16.2. The van der Waals surface area contributed by atoms with Crippen LogP contribution in [0.5, 0.6) is 0 Å². The summed E-state index contributed by atoms with van der Waals surface area (Å²) in [6.07, 6.45) is 2.97. The summed E-state index contributed by atoms with van der Waals surface area (Å²) in [5.41, 5.74) is 6.25. The lowest BCUT2D eigenvalue weighted by molar-refractivity contribution is 0.607. The number of rotatable bonds is 5. The molecule has 8 heteroatoms. The van der Waals surface area contributed by atoms with Gasteiger partial charge in [-0.25, -0.2) is 8.42 Å². The van der Waals surface area contributed by atoms with E-state index in [0.717, 1.165) is 56.0 Å². The van der Waals surface area contributed by atoms with Crippen molar-refractivity contribution in [3.05, 3.63) is 78.5 Å². The van der Waals surface area contributed by atoms with Crippen molar-refractivity contribution < 1.29 is 8.42 Å². The molecule has 0 atom stereocenters. The van der Waals surface area contributed by atoms with Gasteiger partial charge in [-0.1, -0.05) is 42.5 Å². The van der Waals surface area contributed by atoms with Crippen LogP contribution in [0.1, 0.15) is 19.4 Å². The molecule has 0 aliphatic carbocycles.